The molecule has 0 aromatic carbocycles. The number of pyridine rings is 1. The van der Waals surface area contributed by atoms with Gasteiger partial charge in [0.25, 0.3) is 0 Å². The number of hydrogen-bond acceptors (Lipinski definition) is 7. The maximum absolute atomic E-state index is 11.7. The Morgan fingerprint density at radius 2 is 2.19 bits per heavy atom. The van der Waals surface area contributed by atoms with E-state index in [0.29, 0.717) is 23.9 Å². The van der Waals surface area contributed by atoms with Gasteiger partial charge in [0.1, 0.15) is 12.0 Å². The van der Waals surface area contributed by atoms with E-state index in [4.69, 9.17) is 4.74 Å². The number of ether oxygens (including phenoxy) is 1. The summed E-state index contributed by atoms with van der Waals surface area (Å²) in [7, 11) is 1.60. The van der Waals surface area contributed by atoms with Crippen molar-refractivity contribution in [3.8, 4) is 17.0 Å². The van der Waals surface area contributed by atoms with Crippen molar-refractivity contribution in [3.63, 3.8) is 0 Å². The van der Waals surface area contributed by atoms with Gasteiger partial charge in [0, 0.05) is 41.5 Å². The van der Waals surface area contributed by atoms with Gasteiger partial charge in [-0.2, -0.15) is 9.97 Å². The molecule has 0 saturated heterocycles. The summed E-state index contributed by atoms with van der Waals surface area (Å²) in [5.41, 5.74) is 3.20. The number of carbonyl (C=O) groups is 1. The maximum Gasteiger partial charge on any atom is 0.228 e. The highest BCUT2D eigenvalue weighted by molar-refractivity contribution is 5.97. The van der Waals surface area contributed by atoms with Crippen molar-refractivity contribution in [2.45, 2.75) is 44.7 Å². The molecule has 1 aliphatic carbocycles. The normalized spacial score (nSPS) is 20.5. The highest BCUT2D eigenvalue weighted by Crippen LogP contribution is 2.37. The Hall–Kier alpha value is -3.69. The lowest BCUT2D eigenvalue weighted by Gasteiger charge is -2.45. The van der Waals surface area contributed by atoms with E-state index < -0.39 is 0 Å². The molecule has 3 N–H and O–H groups in total. The van der Waals surface area contributed by atoms with Crippen molar-refractivity contribution >= 4 is 28.5 Å². The molecule has 1 fully saturated rings. The van der Waals surface area contributed by atoms with Gasteiger partial charge in [-0.25, -0.2) is 0 Å². The van der Waals surface area contributed by atoms with Crippen LogP contribution in [0.2, 0.25) is 0 Å². The molecule has 0 radical (unpaired) electrons. The van der Waals surface area contributed by atoms with E-state index in [9.17, 15) is 4.79 Å². The van der Waals surface area contributed by atoms with Gasteiger partial charge in [0.15, 0.2) is 5.65 Å². The number of nitrogens with one attached hydrogen (secondary N) is 3. The Morgan fingerprint density at radius 3 is 2.97 bits per heavy atom. The molecule has 0 atom stereocenters. The number of hydrogen-bond donors (Lipinski definition) is 3. The number of rotatable bonds is 6. The summed E-state index contributed by atoms with van der Waals surface area (Å²) in [6.45, 7) is 3.92. The highest BCUT2D eigenvalue weighted by atomic mass is 16.5. The first-order valence-corrected chi connectivity index (χ1v) is 10.3. The molecule has 4 aromatic rings. The molecule has 5 rings (SSSR count). The second-order valence-corrected chi connectivity index (χ2v) is 8.21. The van der Waals surface area contributed by atoms with Crippen molar-refractivity contribution in [2.24, 2.45) is 0 Å². The van der Waals surface area contributed by atoms with Crippen LogP contribution in [0.5, 0.6) is 5.88 Å². The van der Waals surface area contributed by atoms with E-state index in [1.165, 1.54) is 0 Å². The predicted octanol–water partition coefficient (Wildman–Crippen LogP) is 2.54. The lowest BCUT2D eigenvalue weighted by Crippen LogP contribution is -2.59. The van der Waals surface area contributed by atoms with E-state index in [1.807, 2.05) is 35.9 Å². The molecule has 1 amide bonds. The lowest BCUT2D eigenvalue weighted by atomic mass is 9.74. The molecule has 4 heterocycles. The van der Waals surface area contributed by atoms with Crippen LogP contribution < -0.4 is 15.4 Å². The minimum atomic E-state index is -0.181. The van der Waals surface area contributed by atoms with E-state index in [-0.39, 0.29) is 17.5 Å². The molecule has 160 valence electrons. The molecule has 1 saturated carbocycles. The number of aromatic nitrogens is 6. The third-order valence-corrected chi connectivity index (χ3v) is 5.78. The highest BCUT2D eigenvalue weighted by Gasteiger charge is 2.41. The fourth-order valence-corrected chi connectivity index (χ4v) is 4.27. The quantitative estimate of drug-likeness (QED) is 0.438. The Bertz CT molecular complexity index is 1270. The molecule has 10 heteroatoms. The Morgan fingerprint density at radius 1 is 1.35 bits per heavy atom. The monoisotopic (exact) mass is 420 g/mol. The van der Waals surface area contributed by atoms with Crippen LogP contribution in [0.1, 0.15) is 33.1 Å². The van der Waals surface area contributed by atoms with Crippen molar-refractivity contribution in [2.75, 3.05) is 12.4 Å². The van der Waals surface area contributed by atoms with Crippen LogP contribution in [0.4, 0.5) is 5.95 Å². The first-order chi connectivity index (χ1) is 15.0. The van der Waals surface area contributed by atoms with Crippen LogP contribution in [0, 0.1) is 0 Å². The van der Waals surface area contributed by atoms with Gasteiger partial charge >= 0.3 is 0 Å². The van der Waals surface area contributed by atoms with Gasteiger partial charge < -0.3 is 20.4 Å². The summed E-state index contributed by atoms with van der Waals surface area (Å²) in [5, 5.41) is 15.2. The third-order valence-electron chi connectivity index (χ3n) is 5.78. The fourth-order valence-electron chi connectivity index (χ4n) is 4.27. The first-order valence-electron chi connectivity index (χ1n) is 10.3. The largest absolute Gasteiger partial charge is 0.480 e. The van der Waals surface area contributed by atoms with Crippen molar-refractivity contribution < 1.29 is 9.53 Å². The van der Waals surface area contributed by atoms with Crippen LogP contribution in [-0.2, 0) is 4.79 Å². The zero-order valence-corrected chi connectivity index (χ0v) is 17.6. The molecular weight excluding hydrogens is 396 g/mol. The van der Waals surface area contributed by atoms with Crippen LogP contribution in [0.25, 0.3) is 27.8 Å². The maximum atomic E-state index is 11.7. The SMILES string of the molecule is CCC(=O)NC1(C)CC(Nc2nc(OC)c3c(-c4ccc5nncn5c4)c[nH]c3n2)C1. The Labute approximate surface area is 178 Å². The van der Waals surface area contributed by atoms with E-state index in [0.717, 1.165) is 35.0 Å². The Balaban J connectivity index is 1.41. The van der Waals surface area contributed by atoms with Crippen molar-refractivity contribution in [1.29, 1.82) is 0 Å². The molecule has 4 aromatic heterocycles. The predicted molar refractivity (Wildman–Crippen MR) is 116 cm³/mol. The molecule has 1 aliphatic rings. The summed E-state index contributed by atoms with van der Waals surface area (Å²) in [6, 6.07) is 4.09. The van der Waals surface area contributed by atoms with Crippen LogP contribution >= 0.6 is 0 Å². The van der Waals surface area contributed by atoms with Gasteiger partial charge in [0.05, 0.1) is 12.5 Å². The zero-order valence-electron chi connectivity index (χ0n) is 17.6. The number of H-pyrrole nitrogens is 1. The topological polar surface area (TPSA) is 122 Å². The van der Waals surface area contributed by atoms with Gasteiger partial charge in [-0.3, -0.25) is 9.20 Å². The number of carbonyl (C=O) groups excluding carboxylic acids is 1. The number of fused-ring (bicyclic) bond motifs is 2. The fraction of sp³-hybridized carbons (Fsp3) is 0.381. The second-order valence-electron chi connectivity index (χ2n) is 8.21. The number of aromatic amines is 1. The average Bonchev–Trinajstić information content (AvgIpc) is 3.38. The number of nitrogens with zero attached hydrogens (tertiary/aromatic N) is 5. The smallest absolute Gasteiger partial charge is 0.228 e. The standard InChI is InChI=1S/C21H24N8O2/c1-4-16(30)27-21(2)7-13(8-21)24-20-25-18-17(19(26-20)31-3)14(9-22-18)12-5-6-15-28-23-11-29(15)10-12/h5-6,9-11,13H,4,7-8H2,1-3H3,(H,27,30)(H2,22,24,25,26). The minimum Gasteiger partial charge on any atom is -0.480 e. The van der Waals surface area contributed by atoms with E-state index >= 15 is 0 Å². The van der Waals surface area contributed by atoms with E-state index in [2.05, 4.69) is 42.7 Å². The molecule has 0 unspecified atom stereocenters. The molecule has 10 nitrogen and oxygen atoms in total. The van der Waals surface area contributed by atoms with Gasteiger partial charge in [-0.05, 0) is 31.9 Å². The molecule has 0 bridgehead atoms. The second kappa shape index (κ2) is 7.22. The zero-order chi connectivity index (χ0) is 21.6. The third kappa shape index (κ3) is 3.43. The average molecular weight is 420 g/mol. The summed E-state index contributed by atoms with van der Waals surface area (Å²) >= 11 is 0. The summed E-state index contributed by atoms with van der Waals surface area (Å²) in [4.78, 5) is 24.2. The van der Waals surface area contributed by atoms with Gasteiger partial charge in [-0.15, -0.1) is 10.2 Å². The molecule has 0 aliphatic heterocycles. The minimum absolute atomic E-state index is 0.0730. The number of methoxy groups -OCH3 is 1. The van der Waals surface area contributed by atoms with E-state index in [1.54, 1.807) is 13.4 Å². The number of anilines is 1. The van der Waals surface area contributed by atoms with Crippen LogP contribution in [0.3, 0.4) is 0 Å². The lowest BCUT2D eigenvalue weighted by molar-refractivity contribution is -0.123. The van der Waals surface area contributed by atoms with Crippen LogP contribution in [0.15, 0.2) is 30.9 Å². The Kier molecular flexibility index (Phi) is 4.49. The van der Waals surface area contributed by atoms with Crippen molar-refractivity contribution in [1.82, 2.24) is 34.9 Å². The molecular formula is C21H24N8O2. The van der Waals surface area contributed by atoms with Crippen molar-refractivity contribution in [3.05, 3.63) is 30.9 Å². The van der Waals surface area contributed by atoms with Gasteiger partial charge in [-0.1, -0.05) is 6.92 Å². The molecule has 0 spiro atoms. The van der Waals surface area contributed by atoms with Crippen LogP contribution in [-0.4, -0.2) is 54.1 Å². The number of amides is 1. The summed E-state index contributed by atoms with van der Waals surface area (Å²) in [6.07, 6.45) is 7.65. The van der Waals surface area contributed by atoms with Gasteiger partial charge in [0.2, 0.25) is 17.7 Å². The summed E-state index contributed by atoms with van der Waals surface area (Å²) in [5.74, 6) is 1.07. The molecule has 31 heavy (non-hydrogen) atoms. The summed E-state index contributed by atoms with van der Waals surface area (Å²) < 4.78 is 7.47. The first kappa shape index (κ1) is 19.3.